The standard InChI is InChI=1S/C7H3F3O3S/c8-7(9,10)4-2-1-3(14-4)5(11)6(12)13/h1-2H,(H,12,13). The molecule has 1 heterocycles. The number of ketones is 1. The predicted molar refractivity (Wildman–Crippen MR) is 41.3 cm³/mol. The number of rotatable bonds is 2. The van der Waals surface area contributed by atoms with Crippen LogP contribution in [0.5, 0.6) is 0 Å². The molecule has 7 heteroatoms. The molecular formula is C7H3F3O3S. The number of carboxylic acids is 1. The van der Waals surface area contributed by atoms with Crippen molar-refractivity contribution in [1.82, 2.24) is 0 Å². The van der Waals surface area contributed by atoms with Crippen molar-refractivity contribution < 1.29 is 27.9 Å². The zero-order chi connectivity index (χ0) is 10.9. The number of aliphatic carboxylic acids is 1. The van der Waals surface area contributed by atoms with Crippen molar-refractivity contribution in [3.8, 4) is 0 Å². The molecule has 0 saturated carbocycles. The third kappa shape index (κ3) is 2.11. The Balaban J connectivity index is 3.00. The SMILES string of the molecule is O=C(O)C(=O)c1ccc(C(F)(F)F)s1. The van der Waals surface area contributed by atoms with Gasteiger partial charge in [-0.25, -0.2) is 4.79 Å². The lowest BCUT2D eigenvalue weighted by Crippen LogP contribution is -2.10. The molecule has 0 amide bonds. The molecule has 1 rings (SSSR count). The van der Waals surface area contributed by atoms with E-state index in [1.165, 1.54) is 0 Å². The van der Waals surface area contributed by atoms with Gasteiger partial charge in [0.05, 0.1) is 4.88 Å². The smallest absolute Gasteiger partial charge is 0.425 e. The summed E-state index contributed by atoms with van der Waals surface area (Å²) in [5.41, 5.74) is 0. The fraction of sp³-hybridized carbons (Fsp3) is 0.143. The molecule has 1 aromatic heterocycles. The van der Waals surface area contributed by atoms with Gasteiger partial charge < -0.3 is 5.11 Å². The molecule has 0 aliphatic heterocycles. The van der Waals surface area contributed by atoms with E-state index in [2.05, 4.69) is 0 Å². The fourth-order valence-electron chi connectivity index (χ4n) is 0.718. The molecule has 0 saturated heterocycles. The Morgan fingerprint density at radius 1 is 1.29 bits per heavy atom. The van der Waals surface area contributed by atoms with Gasteiger partial charge in [-0.05, 0) is 12.1 Å². The van der Waals surface area contributed by atoms with Gasteiger partial charge in [0.1, 0.15) is 4.88 Å². The van der Waals surface area contributed by atoms with Crippen LogP contribution in [0.3, 0.4) is 0 Å². The first-order chi connectivity index (χ1) is 6.32. The Morgan fingerprint density at radius 2 is 1.86 bits per heavy atom. The summed E-state index contributed by atoms with van der Waals surface area (Å²) >= 11 is 0.121. The largest absolute Gasteiger partial charge is 0.475 e. The van der Waals surface area contributed by atoms with Crippen molar-refractivity contribution in [3.63, 3.8) is 0 Å². The first-order valence-corrected chi connectivity index (χ1v) is 4.08. The van der Waals surface area contributed by atoms with Crippen molar-refractivity contribution in [2.24, 2.45) is 0 Å². The molecule has 0 unspecified atom stereocenters. The maximum atomic E-state index is 12.0. The van der Waals surface area contributed by atoms with E-state index < -0.39 is 27.7 Å². The van der Waals surface area contributed by atoms with Crippen LogP contribution in [-0.4, -0.2) is 16.9 Å². The Hall–Kier alpha value is -1.37. The lowest BCUT2D eigenvalue weighted by molar-refractivity contribution is -0.134. The number of hydrogen-bond donors (Lipinski definition) is 1. The molecule has 0 aromatic carbocycles. The van der Waals surface area contributed by atoms with Crippen molar-refractivity contribution >= 4 is 23.1 Å². The van der Waals surface area contributed by atoms with Gasteiger partial charge in [0.15, 0.2) is 0 Å². The summed E-state index contributed by atoms with van der Waals surface area (Å²) in [5.74, 6) is -3.09. The maximum Gasteiger partial charge on any atom is 0.425 e. The van der Waals surface area contributed by atoms with E-state index in [-0.39, 0.29) is 11.3 Å². The van der Waals surface area contributed by atoms with Gasteiger partial charge in [-0.15, -0.1) is 11.3 Å². The minimum absolute atomic E-state index is 0.121. The highest BCUT2D eigenvalue weighted by molar-refractivity contribution is 7.14. The minimum atomic E-state index is -4.54. The van der Waals surface area contributed by atoms with Gasteiger partial charge in [0.2, 0.25) is 0 Å². The minimum Gasteiger partial charge on any atom is -0.475 e. The molecule has 1 N–H and O–H groups in total. The number of halogens is 3. The monoisotopic (exact) mass is 224 g/mol. The van der Waals surface area contributed by atoms with E-state index in [0.29, 0.717) is 6.07 Å². The van der Waals surface area contributed by atoms with Crippen LogP contribution in [0, 0.1) is 0 Å². The van der Waals surface area contributed by atoms with E-state index in [0.717, 1.165) is 6.07 Å². The summed E-state index contributed by atoms with van der Waals surface area (Å²) in [6.07, 6.45) is -4.54. The summed E-state index contributed by atoms with van der Waals surface area (Å²) in [5, 5.41) is 8.22. The van der Waals surface area contributed by atoms with E-state index in [1.54, 1.807) is 0 Å². The molecule has 0 spiro atoms. The molecule has 1 aromatic rings. The molecule has 0 fully saturated rings. The molecule has 0 aliphatic rings. The molecular weight excluding hydrogens is 221 g/mol. The molecule has 0 atom stereocenters. The van der Waals surface area contributed by atoms with Gasteiger partial charge >= 0.3 is 12.1 Å². The fourth-order valence-corrected chi connectivity index (χ4v) is 1.52. The molecule has 14 heavy (non-hydrogen) atoms. The van der Waals surface area contributed by atoms with Crippen LogP contribution in [0.1, 0.15) is 14.5 Å². The van der Waals surface area contributed by atoms with Crippen molar-refractivity contribution in [2.75, 3.05) is 0 Å². The third-order valence-electron chi connectivity index (χ3n) is 1.30. The topological polar surface area (TPSA) is 54.4 Å². The second-order valence-electron chi connectivity index (χ2n) is 2.30. The van der Waals surface area contributed by atoms with Crippen LogP contribution < -0.4 is 0 Å². The van der Waals surface area contributed by atoms with E-state index >= 15 is 0 Å². The second kappa shape index (κ2) is 3.41. The van der Waals surface area contributed by atoms with Crippen LogP contribution in [-0.2, 0) is 11.0 Å². The summed E-state index contributed by atoms with van der Waals surface area (Å²) in [4.78, 5) is 19.5. The Labute approximate surface area is 79.8 Å². The van der Waals surface area contributed by atoms with E-state index in [9.17, 15) is 22.8 Å². The van der Waals surface area contributed by atoms with Crippen molar-refractivity contribution in [1.29, 1.82) is 0 Å². The van der Waals surface area contributed by atoms with E-state index in [1.807, 2.05) is 0 Å². The lowest BCUT2D eigenvalue weighted by Gasteiger charge is -2.00. The van der Waals surface area contributed by atoms with Crippen LogP contribution in [0.2, 0.25) is 0 Å². The molecule has 0 radical (unpaired) electrons. The lowest BCUT2D eigenvalue weighted by atomic mass is 10.3. The highest BCUT2D eigenvalue weighted by Gasteiger charge is 2.33. The number of thiophene rings is 1. The highest BCUT2D eigenvalue weighted by Crippen LogP contribution is 2.34. The van der Waals surface area contributed by atoms with Gasteiger partial charge in [-0.3, -0.25) is 4.79 Å². The van der Waals surface area contributed by atoms with Crippen molar-refractivity contribution in [2.45, 2.75) is 6.18 Å². The Bertz CT molecular complexity index is 380. The normalized spacial score (nSPS) is 11.4. The summed E-state index contributed by atoms with van der Waals surface area (Å²) in [6, 6.07) is 1.53. The van der Waals surface area contributed by atoms with Crippen LogP contribution in [0.25, 0.3) is 0 Å². The zero-order valence-electron chi connectivity index (χ0n) is 6.46. The predicted octanol–water partition coefficient (Wildman–Crippen LogP) is 2.03. The molecule has 0 bridgehead atoms. The van der Waals surface area contributed by atoms with Gasteiger partial charge in [0, 0.05) is 0 Å². The number of carboxylic acid groups (broad SMARTS) is 1. The van der Waals surface area contributed by atoms with Crippen LogP contribution >= 0.6 is 11.3 Å². The molecule has 0 aliphatic carbocycles. The number of Topliss-reactive ketones (excluding diaryl/α,β-unsaturated/α-hetero) is 1. The highest BCUT2D eigenvalue weighted by atomic mass is 32.1. The van der Waals surface area contributed by atoms with Crippen LogP contribution in [0.4, 0.5) is 13.2 Å². The zero-order valence-corrected chi connectivity index (χ0v) is 7.28. The van der Waals surface area contributed by atoms with E-state index in [4.69, 9.17) is 5.11 Å². The number of carbonyl (C=O) groups excluding carboxylic acids is 1. The van der Waals surface area contributed by atoms with Gasteiger partial charge in [-0.1, -0.05) is 0 Å². The Kier molecular flexibility index (Phi) is 2.61. The number of alkyl halides is 3. The maximum absolute atomic E-state index is 12.0. The third-order valence-corrected chi connectivity index (χ3v) is 2.43. The first kappa shape index (κ1) is 10.7. The molecule has 76 valence electrons. The summed E-state index contributed by atoms with van der Waals surface area (Å²) in [6.45, 7) is 0. The first-order valence-electron chi connectivity index (χ1n) is 3.27. The number of hydrogen-bond acceptors (Lipinski definition) is 3. The molecule has 3 nitrogen and oxygen atoms in total. The van der Waals surface area contributed by atoms with Crippen molar-refractivity contribution in [3.05, 3.63) is 21.9 Å². The quantitative estimate of drug-likeness (QED) is 0.617. The van der Waals surface area contributed by atoms with Crippen LogP contribution in [0.15, 0.2) is 12.1 Å². The number of carbonyl (C=O) groups is 2. The summed E-state index contributed by atoms with van der Waals surface area (Å²) < 4.78 is 36.1. The Morgan fingerprint density at radius 3 is 2.21 bits per heavy atom. The van der Waals surface area contributed by atoms with Gasteiger partial charge in [0.25, 0.3) is 5.78 Å². The summed E-state index contributed by atoms with van der Waals surface area (Å²) in [7, 11) is 0. The average molecular weight is 224 g/mol. The van der Waals surface area contributed by atoms with Gasteiger partial charge in [-0.2, -0.15) is 13.2 Å². The average Bonchev–Trinajstić information content (AvgIpc) is 2.49. The second-order valence-corrected chi connectivity index (χ2v) is 3.38.